The van der Waals surface area contributed by atoms with Gasteiger partial charge in [-0.15, -0.1) is 0 Å². The average molecular weight is 290 g/mol. The number of aliphatic hydroxyl groups excluding tert-OH is 1. The lowest BCUT2D eigenvalue weighted by Crippen LogP contribution is -2.36. The zero-order chi connectivity index (χ0) is 14.8. The molecule has 1 aromatic carbocycles. The standard InChI is InChI=1S/C16H22N2O3/c1-11(19)18-8-9-21-15-3-2-13(10-14(15)18)16(20)12-4-6-17-7-5-12/h2-3,10,12,16-17,20H,4-9H2,1H3. The first kappa shape index (κ1) is 14.4. The van der Waals surface area contributed by atoms with E-state index in [9.17, 15) is 9.90 Å². The number of anilines is 1. The Morgan fingerprint density at radius 1 is 1.43 bits per heavy atom. The summed E-state index contributed by atoms with van der Waals surface area (Å²) in [5.74, 6) is 1.00. The second-order valence-electron chi connectivity index (χ2n) is 5.78. The molecular weight excluding hydrogens is 268 g/mol. The first-order valence-electron chi connectivity index (χ1n) is 7.60. The van der Waals surface area contributed by atoms with E-state index in [1.165, 1.54) is 0 Å². The summed E-state index contributed by atoms with van der Waals surface area (Å²) < 4.78 is 5.60. The molecule has 0 aliphatic carbocycles. The number of fused-ring (bicyclic) bond motifs is 1. The van der Waals surface area contributed by atoms with Crippen LogP contribution in [0.3, 0.4) is 0 Å². The molecule has 1 amide bonds. The van der Waals surface area contributed by atoms with Crippen molar-refractivity contribution in [2.45, 2.75) is 25.9 Å². The number of hydrogen-bond donors (Lipinski definition) is 2. The largest absolute Gasteiger partial charge is 0.490 e. The quantitative estimate of drug-likeness (QED) is 0.866. The molecule has 21 heavy (non-hydrogen) atoms. The van der Waals surface area contributed by atoms with Crippen LogP contribution in [0.15, 0.2) is 18.2 Å². The monoisotopic (exact) mass is 290 g/mol. The minimum Gasteiger partial charge on any atom is -0.490 e. The van der Waals surface area contributed by atoms with Gasteiger partial charge in [-0.1, -0.05) is 6.07 Å². The predicted octanol–water partition coefficient (Wildman–Crippen LogP) is 1.46. The third kappa shape index (κ3) is 2.89. The molecule has 1 saturated heterocycles. The minimum atomic E-state index is -0.479. The summed E-state index contributed by atoms with van der Waals surface area (Å²) in [5.41, 5.74) is 1.65. The summed E-state index contributed by atoms with van der Waals surface area (Å²) in [7, 11) is 0. The van der Waals surface area contributed by atoms with Crippen molar-refractivity contribution >= 4 is 11.6 Å². The lowest BCUT2D eigenvalue weighted by molar-refractivity contribution is -0.116. The Bertz CT molecular complexity index is 526. The smallest absolute Gasteiger partial charge is 0.224 e. The van der Waals surface area contributed by atoms with E-state index in [2.05, 4.69) is 5.32 Å². The van der Waals surface area contributed by atoms with Gasteiger partial charge < -0.3 is 20.1 Å². The first-order valence-corrected chi connectivity index (χ1v) is 7.60. The number of carbonyl (C=O) groups is 1. The van der Waals surface area contributed by atoms with Gasteiger partial charge in [0.15, 0.2) is 0 Å². The maximum absolute atomic E-state index is 11.7. The second kappa shape index (κ2) is 6.03. The van der Waals surface area contributed by atoms with Gasteiger partial charge in [-0.05, 0) is 49.5 Å². The highest BCUT2D eigenvalue weighted by atomic mass is 16.5. The number of ether oxygens (including phenoxy) is 1. The van der Waals surface area contributed by atoms with E-state index in [4.69, 9.17) is 4.74 Å². The van der Waals surface area contributed by atoms with Crippen LogP contribution in [0.1, 0.15) is 31.4 Å². The van der Waals surface area contributed by atoms with Gasteiger partial charge in [-0.2, -0.15) is 0 Å². The normalized spacial score (nSPS) is 20.6. The van der Waals surface area contributed by atoms with Crippen LogP contribution in [-0.2, 0) is 4.79 Å². The summed E-state index contributed by atoms with van der Waals surface area (Å²) in [6.07, 6.45) is 1.48. The van der Waals surface area contributed by atoms with E-state index in [1.54, 1.807) is 11.8 Å². The maximum Gasteiger partial charge on any atom is 0.224 e. The van der Waals surface area contributed by atoms with Crippen molar-refractivity contribution in [1.82, 2.24) is 5.32 Å². The minimum absolute atomic E-state index is 0.00746. The third-order valence-corrected chi connectivity index (χ3v) is 4.40. The molecule has 2 heterocycles. The van der Waals surface area contributed by atoms with Gasteiger partial charge in [0.1, 0.15) is 12.4 Å². The van der Waals surface area contributed by atoms with E-state index in [1.807, 2.05) is 18.2 Å². The van der Waals surface area contributed by atoms with Gasteiger partial charge in [-0.25, -0.2) is 0 Å². The molecule has 5 nitrogen and oxygen atoms in total. The summed E-state index contributed by atoms with van der Waals surface area (Å²) in [6.45, 7) is 4.55. The highest BCUT2D eigenvalue weighted by Gasteiger charge is 2.26. The van der Waals surface area contributed by atoms with Crippen molar-refractivity contribution < 1.29 is 14.6 Å². The molecule has 1 fully saturated rings. The number of nitrogens with one attached hydrogen (secondary N) is 1. The van der Waals surface area contributed by atoms with Gasteiger partial charge in [0.25, 0.3) is 0 Å². The fraction of sp³-hybridized carbons (Fsp3) is 0.562. The van der Waals surface area contributed by atoms with E-state index in [0.29, 0.717) is 13.2 Å². The maximum atomic E-state index is 11.7. The Kier molecular flexibility index (Phi) is 4.12. The number of nitrogens with zero attached hydrogens (tertiary/aromatic N) is 1. The Labute approximate surface area is 124 Å². The van der Waals surface area contributed by atoms with Crippen LogP contribution in [0.5, 0.6) is 5.75 Å². The number of aliphatic hydroxyl groups is 1. The van der Waals surface area contributed by atoms with Crippen molar-refractivity contribution in [2.75, 3.05) is 31.1 Å². The summed E-state index contributed by atoms with van der Waals surface area (Å²) in [5, 5.41) is 13.9. The topological polar surface area (TPSA) is 61.8 Å². The molecule has 1 aromatic rings. The predicted molar refractivity (Wildman–Crippen MR) is 80.5 cm³/mol. The van der Waals surface area contributed by atoms with Crippen molar-refractivity contribution in [3.05, 3.63) is 23.8 Å². The fourth-order valence-electron chi connectivity index (χ4n) is 3.18. The van der Waals surface area contributed by atoms with E-state index in [0.717, 1.165) is 42.9 Å². The van der Waals surface area contributed by atoms with Crippen molar-refractivity contribution in [3.8, 4) is 5.75 Å². The lowest BCUT2D eigenvalue weighted by atomic mass is 9.88. The van der Waals surface area contributed by atoms with Crippen molar-refractivity contribution in [1.29, 1.82) is 0 Å². The first-order chi connectivity index (χ1) is 10.2. The van der Waals surface area contributed by atoms with E-state index >= 15 is 0 Å². The van der Waals surface area contributed by atoms with Crippen LogP contribution >= 0.6 is 0 Å². The summed E-state index contributed by atoms with van der Waals surface area (Å²) in [6, 6.07) is 5.68. The Morgan fingerprint density at radius 3 is 2.90 bits per heavy atom. The van der Waals surface area contributed by atoms with Gasteiger partial charge in [0.05, 0.1) is 18.3 Å². The number of carbonyl (C=O) groups excluding carboxylic acids is 1. The molecule has 0 radical (unpaired) electrons. The number of benzene rings is 1. The van der Waals surface area contributed by atoms with Crippen LogP contribution in [0.25, 0.3) is 0 Å². The molecule has 2 aliphatic heterocycles. The lowest BCUT2D eigenvalue weighted by Gasteiger charge is -2.31. The van der Waals surface area contributed by atoms with Crippen molar-refractivity contribution in [2.24, 2.45) is 5.92 Å². The Hall–Kier alpha value is -1.59. The Morgan fingerprint density at radius 2 is 2.19 bits per heavy atom. The SMILES string of the molecule is CC(=O)N1CCOc2ccc(C(O)C3CCNCC3)cc21. The second-order valence-corrected chi connectivity index (χ2v) is 5.78. The van der Waals surface area contributed by atoms with Gasteiger partial charge in [-0.3, -0.25) is 4.79 Å². The molecule has 1 atom stereocenters. The number of piperidine rings is 1. The van der Waals surface area contributed by atoms with Gasteiger partial charge in [0.2, 0.25) is 5.91 Å². The molecule has 2 N–H and O–H groups in total. The zero-order valence-corrected chi connectivity index (χ0v) is 12.3. The third-order valence-electron chi connectivity index (χ3n) is 4.40. The van der Waals surface area contributed by atoms with Gasteiger partial charge >= 0.3 is 0 Å². The summed E-state index contributed by atoms with van der Waals surface area (Å²) >= 11 is 0. The van der Waals surface area contributed by atoms with Crippen LogP contribution < -0.4 is 15.0 Å². The average Bonchev–Trinajstić information content (AvgIpc) is 2.53. The molecule has 2 aliphatic rings. The molecule has 0 spiro atoms. The molecule has 0 saturated carbocycles. The molecule has 114 valence electrons. The molecule has 0 bridgehead atoms. The van der Waals surface area contributed by atoms with E-state index in [-0.39, 0.29) is 11.8 Å². The summed E-state index contributed by atoms with van der Waals surface area (Å²) in [4.78, 5) is 13.5. The van der Waals surface area contributed by atoms with E-state index < -0.39 is 6.10 Å². The molecule has 5 heteroatoms. The van der Waals surface area contributed by atoms with Crippen LogP contribution in [-0.4, -0.2) is 37.3 Å². The van der Waals surface area contributed by atoms with Crippen LogP contribution in [0.4, 0.5) is 5.69 Å². The molecule has 1 unspecified atom stereocenters. The molecular formula is C16H22N2O3. The number of hydrogen-bond acceptors (Lipinski definition) is 4. The van der Waals surface area contributed by atoms with Crippen molar-refractivity contribution in [3.63, 3.8) is 0 Å². The number of rotatable bonds is 2. The molecule has 3 rings (SSSR count). The number of amides is 1. The molecule has 0 aromatic heterocycles. The van der Waals surface area contributed by atoms with Crippen LogP contribution in [0.2, 0.25) is 0 Å². The fourth-order valence-corrected chi connectivity index (χ4v) is 3.18. The highest BCUT2D eigenvalue weighted by Crippen LogP contribution is 2.37. The van der Waals surface area contributed by atoms with Gasteiger partial charge in [0, 0.05) is 6.92 Å². The zero-order valence-electron chi connectivity index (χ0n) is 12.3. The van der Waals surface area contributed by atoms with Crippen LogP contribution in [0, 0.1) is 5.92 Å². The Balaban J connectivity index is 1.87. The highest BCUT2D eigenvalue weighted by molar-refractivity contribution is 5.93.